The molecule has 8 nitrogen and oxygen atoms in total. The molecule has 220 valence electrons. The normalized spacial score (nSPS) is 20.2. The molecule has 0 aliphatic carbocycles. The van der Waals surface area contributed by atoms with Gasteiger partial charge in [0.1, 0.15) is 11.5 Å². The van der Waals surface area contributed by atoms with Crippen molar-refractivity contribution in [2.24, 2.45) is 0 Å². The van der Waals surface area contributed by atoms with Crippen molar-refractivity contribution in [1.29, 1.82) is 0 Å². The van der Waals surface area contributed by atoms with Gasteiger partial charge in [-0.15, -0.1) is 24.8 Å². The third kappa shape index (κ3) is 5.77. The molecule has 0 bridgehead atoms. The predicted octanol–water partition coefficient (Wildman–Crippen LogP) is 4.34. The van der Waals surface area contributed by atoms with Crippen LogP contribution in [0.25, 0.3) is 0 Å². The van der Waals surface area contributed by atoms with Crippen LogP contribution in [0.2, 0.25) is 0 Å². The SMILES string of the molecule is CCOc1cc(CC)cc2c1C(=O)N1CCNC[C@@H]21.CCOc1cc(CC)cc2c1C(=O)N1CCNC[C@H]21.Cl.Cl. The lowest BCUT2D eigenvalue weighted by molar-refractivity contribution is 0.0681. The van der Waals surface area contributed by atoms with Gasteiger partial charge in [0.2, 0.25) is 0 Å². The Morgan fingerprint density at radius 1 is 0.700 bits per heavy atom. The van der Waals surface area contributed by atoms with Gasteiger partial charge in [0.15, 0.2) is 0 Å². The average Bonchev–Trinajstić information content (AvgIpc) is 3.41. The molecular formula is C30H42Cl2N4O4. The Morgan fingerprint density at radius 2 is 1.10 bits per heavy atom. The van der Waals surface area contributed by atoms with Gasteiger partial charge in [-0.05, 0) is 61.1 Å². The van der Waals surface area contributed by atoms with Crippen molar-refractivity contribution in [3.63, 3.8) is 0 Å². The maximum absolute atomic E-state index is 12.5. The van der Waals surface area contributed by atoms with E-state index in [0.29, 0.717) is 13.2 Å². The molecule has 0 saturated carbocycles. The Labute approximate surface area is 250 Å². The van der Waals surface area contributed by atoms with Crippen LogP contribution in [0, 0.1) is 0 Å². The van der Waals surface area contributed by atoms with Crippen LogP contribution in [0.1, 0.15) is 82.7 Å². The second kappa shape index (κ2) is 13.9. The lowest BCUT2D eigenvalue weighted by Crippen LogP contribution is -2.44. The molecule has 0 aromatic heterocycles. The Kier molecular flexibility index (Phi) is 11.1. The molecule has 0 spiro atoms. The number of piperazine rings is 2. The fourth-order valence-corrected chi connectivity index (χ4v) is 6.06. The summed E-state index contributed by atoms with van der Waals surface area (Å²) in [6, 6.07) is 8.75. The number of carbonyl (C=O) groups is 2. The monoisotopic (exact) mass is 592 g/mol. The number of benzene rings is 2. The third-order valence-corrected chi connectivity index (χ3v) is 7.96. The van der Waals surface area contributed by atoms with Crippen molar-refractivity contribution >= 4 is 36.6 Å². The summed E-state index contributed by atoms with van der Waals surface area (Å²) in [6.07, 6.45) is 1.92. The highest BCUT2D eigenvalue weighted by Crippen LogP contribution is 2.41. The minimum atomic E-state index is 0. The van der Waals surface area contributed by atoms with Gasteiger partial charge >= 0.3 is 0 Å². The van der Waals surface area contributed by atoms with Gasteiger partial charge in [0.25, 0.3) is 11.8 Å². The standard InChI is InChI=1S/2C15H20N2O2.2ClH/c2*1-3-10-7-11-12-9-16-5-6-17(12)15(18)14(11)13(8-10)19-4-2;;/h2*7-8,12,16H,3-6,9H2,1-2H3;2*1H/t2*12-;;/m10../s1. The van der Waals surface area contributed by atoms with Gasteiger partial charge in [-0.3, -0.25) is 9.59 Å². The highest BCUT2D eigenvalue weighted by atomic mass is 35.5. The van der Waals surface area contributed by atoms with Gasteiger partial charge in [0.05, 0.1) is 36.4 Å². The molecule has 4 heterocycles. The number of aryl methyl sites for hydroxylation is 2. The van der Waals surface area contributed by atoms with Crippen LogP contribution in [0.5, 0.6) is 11.5 Å². The quantitative estimate of drug-likeness (QED) is 0.519. The Bertz CT molecular complexity index is 1130. The number of amides is 2. The number of ether oxygens (including phenoxy) is 2. The van der Waals surface area contributed by atoms with E-state index in [2.05, 4.69) is 36.6 Å². The van der Waals surface area contributed by atoms with Crippen molar-refractivity contribution in [3.05, 3.63) is 57.6 Å². The number of hydrogen-bond donors (Lipinski definition) is 2. The van der Waals surface area contributed by atoms with Crippen LogP contribution in [-0.2, 0) is 12.8 Å². The minimum Gasteiger partial charge on any atom is -0.493 e. The zero-order valence-corrected chi connectivity index (χ0v) is 25.5. The summed E-state index contributed by atoms with van der Waals surface area (Å²) in [6.45, 7) is 14.4. The molecule has 0 unspecified atom stereocenters. The van der Waals surface area contributed by atoms with Crippen molar-refractivity contribution in [2.75, 3.05) is 52.5 Å². The Hall–Kier alpha value is -2.52. The predicted molar refractivity (Wildman–Crippen MR) is 162 cm³/mol. The summed E-state index contributed by atoms with van der Waals surface area (Å²) < 4.78 is 11.4. The first-order valence-corrected chi connectivity index (χ1v) is 14.1. The summed E-state index contributed by atoms with van der Waals surface area (Å²) in [5.41, 5.74) is 6.32. The summed E-state index contributed by atoms with van der Waals surface area (Å²) in [5.74, 6) is 1.78. The van der Waals surface area contributed by atoms with Gasteiger partial charge in [-0.2, -0.15) is 0 Å². The highest BCUT2D eigenvalue weighted by molar-refractivity contribution is 6.02. The molecule has 40 heavy (non-hydrogen) atoms. The number of carbonyl (C=O) groups excluding carboxylic acids is 2. The van der Waals surface area contributed by atoms with E-state index in [0.717, 1.165) is 85.9 Å². The van der Waals surface area contributed by atoms with Crippen LogP contribution in [-0.4, -0.2) is 74.1 Å². The van der Waals surface area contributed by atoms with Crippen LogP contribution in [0.15, 0.2) is 24.3 Å². The largest absolute Gasteiger partial charge is 0.493 e. The molecule has 10 heteroatoms. The Morgan fingerprint density at radius 3 is 1.45 bits per heavy atom. The summed E-state index contributed by atoms with van der Waals surface area (Å²) >= 11 is 0. The van der Waals surface area contributed by atoms with Crippen molar-refractivity contribution in [2.45, 2.75) is 52.6 Å². The zero-order chi connectivity index (χ0) is 26.8. The fraction of sp³-hybridized carbons (Fsp3) is 0.533. The van der Waals surface area contributed by atoms with E-state index in [1.54, 1.807) is 0 Å². The summed E-state index contributed by atoms with van der Waals surface area (Å²) in [7, 11) is 0. The first kappa shape index (κ1) is 32.0. The number of rotatable bonds is 6. The lowest BCUT2D eigenvalue weighted by atomic mass is 9.98. The smallest absolute Gasteiger partial charge is 0.258 e. The molecule has 2 aromatic carbocycles. The molecule has 0 radical (unpaired) electrons. The van der Waals surface area contributed by atoms with E-state index in [4.69, 9.17) is 9.47 Å². The van der Waals surface area contributed by atoms with Gasteiger partial charge in [-0.25, -0.2) is 0 Å². The van der Waals surface area contributed by atoms with Crippen molar-refractivity contribution < 1.29 is 19.1 Å². The first-order chi connectivity index (χ1) is 18.5. The fourth-order valence-electron chi connectivity index (χ4n) is 6.06. The molecule has 2 N–H and O–H groups in total. The Balaban J connectivity index is 0.000000210. The molecule has 2 aromatic rings. The van der Waals surface area contributed by atoms with Crippen LogP contribution in [0.4, 0.5) is 0 Å². The summed E-state index contributed by atoms with van der Waals surface area (Å²) in [4.78, 5) is 29.0. The molecule has 4 aliphatic heterocycles. The molecule has 4 aliphatic rings. The number of nitrogens with zero attached hydrogens (tertiary/aromatic N) is 2. The van der Waals surface area contributed by atoms with Crippen molar-refractivity contribution in [1.82, 2.24) is 20.4 Å². The summed E-state index contributed by atoms with van der Waals surface area (Å²) in [5, 5.41) is 6.74. The number of halogens is 2. The van der Waals surface area contributed by atoms with E-state index < -0.39 is 0 Å². The molecular weight excluding hydrogens is 551 g/mol. The van der Waals surface area contributed by atoms with E-state index in [9.17, 15) is 9.59 Å². The van der Waals surface area contributed by atoms with Gasteiger partial charge in [-0.1, -0.05) is 26.0 Å². The van der Waals surface area contributed by atoms with E-state index >= 15 is 0 Å². The maximum atomic E-state index is 12.5. The van der Waals surface area contributed by atoms with Gasteiger partial charge in [0, 0.05) is 39.3 Å². The van der Waals surface area contributed by atoms with E-state index in [1.807, 2.05) is 35.8 Å². The average molecular weight is 594 g/mol. The molecule has 2 saturated heterocycles. The van der Waals surface area contributed by atoms with E-state index in [-0.39, 0.29) is 48.7 Å². The maximum Gasteiger partial charge on any atom is 0.258 e. The first-order valence-electron chi connectivity index (χ1n) is 14.1. The van der Waals surface area contributed by atoms with Crippen molar-refractivity contribution in [3.8, 4) is 11.5 Å². The lowest BCUT2D eigenvalue weighted by Gasteiger charge is -2.30. The minimum absolute atomic E-state index is 0. The van der Waals surface area contributed by atoms with Crippen LogP contribution >= 0.6 is 24.8 Å². The second-order valence-electron chi connectivity index (χ2n) is 10.1. The molecule has 2 fully saturated rings. The highest BCUT2D eigenvalue weighted by Gasteiger charge is 2.41. The number of nitrogens with one attached hydrogen (secondary N) is 2. The molecule has 2 atom stereocenters. The van der Waals surface area contributed by atoms with Crippen LogP contribution in [0.3, 0.4) is 0 Å². The van der Waals surface area contributed by atoms with Crippen LogP contribution < -0.4 is 20.1 Å². The van der Waals surface area contributed by atoms with E-state index in [1.165, 1.54) is 11.1 Å². The molecule has 6 rings (SSSR count). The second-order valence-corrected chi connectivity index (χ2v) is 10.1. The number of fused-ring (bicyclic) bond motifs is 6. The zero-order valence-electron chi connectivity index (χ0n) is 23.9. The number of hydrogen-bond acceptors (Lipinski definition) is 6. The molecule has 2 amide bonds. The third-order valence-electron chi connectivity index (χ3n) is 7.96. The van der Waals surface area contributed by atoms with Gasteiger partial charge < -0.3 is 29.9 Å². The topological polar surface area (TPSA) is 83.1 Å².